The summed E-state index contributed by atoms with van der Waals surface area (Å²) in [6.45, 7) is 4.23. The Bertz CT molecular complexity index is 568. The van der Waals surface area contributed by atoms with Gasteiger partial charge in [-0.2, -0.15) is 0 Å². The van der Waals surface area contributed by atoms with Crippen LogP contribution in [0.3, 0.4) is 0 Å². The Balaban J connectivity index is 2.05. The molecule has 100 valence electrons. The van der Waals surface area contributed by atoms with Crippen LogP contribution in [0.1, 0.15) is 22.7 Å². The molecule has 2 rings (SSSR count). The van der Waals surface area contributed by atoms with Crippen LogP contribution in [-0.2, 0) is 0 Å². The van der Waals surface area contributed by atoms with Gasteiger partial charge in [-0.05, 0) is 43.2 Å². The van der Waals surface area contributed by atoms with E-state index in [0.29, 0.717) is 0 Å². The lowest BCUT2D eigenvalue weighted by Gasteiger charge is -2.15. The summed E-state index contributed by atoms with van der Waals surface area (Å²) in [4.78, 5) is 1.25. The van der Waals surface area contributed by atoms with Crippen molar-refractivity contribution < 1.29 is 0 Å². The molecule has 0 heterocycles. The van der Waals surface area contributed by atoms with Gasteiger partial charge in [0.25, 0.3) is 0 Å². The Kier molecular flexibility index (Phi) is 5.08. The fraction of sp³-hybridized carbons (Fsp3) is 0.250. The third-order valence-electron chi connectivity index (χ3n) is 3.06. The number of thioether (sulfide) groups is 1. The van der Waals surface area contributed by atoms with Crippen molar-refractivity contribution in [2.45, 2.75) is 24.8 Å². The van der Waals surface area contributed by atoms with E-state index in [9.17, 15) is 0 Å². The molecule has 0 fully saturated rings. The molecule has 19 heavy (non-hydrogen) atoms. The van der Waals surface area contributed by atoms with Gasteiger partial charge in [0.2, 0.25) is 0 Å². The minimum atomic E-state index is 0.0730. The number of benzene rings is 2. The molecule has 0 aliphatic heterocycles. The summed E-state index contributed by atoms with van der Waals surface area (Å²) in [6, 6.07) is 14.9. The second-order valence-corrected chi connectivity index (χ2v) is 6.74. The molecule has 0 aromatic heterocycles. The van der Waals surface area contributed by atoms with E-state index in [1.54, 1.807) is 11.8 Å². The monoisotopic (exact) mass is 335 g/mol. The van der Waals surface area contributed by atoms with Crippen molar-refractivity contribution in [3.05, 3.63) is 63.6 Å². The molecule has 0 saturated carbocycles. The van der Waals surface area contributed by atoms with Crippen LogP contribution in [0.15, 0.2) is 51.8 Å². The normalized spacial score (nSPS) is 12.4. The molecule has 0 spiro atoms. The number of halogens is 1. The summed E-state index contributed by atoms with van der Waals surface area (Å²) in [5.41, 5.74) is 10.1. The van der Waals surface area contributed by atoms with Crippen molar-refractivity contribution in [1.29, 1.82) is 0 Å². The Hall–Kier alpha value is -0.770. The van der Waals surface area contributed by atoms with Gasteiger partial charge < -0.3 is 5.73 Å². The summed E-state index contributed by atoms with van der Waals surface area (Å²) in [5.74, 6) is 0.890. The summed E-state index contributed by atoms with van der Waals surface area (Å²) in [5, 5.41) is 0. The van der Waals surface area contributed by atoms with Crippen LogP contribution in [0.4, 0.5) is 0 Å². The molecule has 2 N–H and O–H groups in total. The molecule has 1 atom stereocenters. The largest absolute Gasteiger partial charge is 0.323 e. The highest BCUT2D eigenvalue weighted by Gasteiger charge is 2.10. The van der Waals surface area contributed by atoms with E-state index in [2.05, 4.69) is 66.2 Å². The first kappa shape index (κ1) is 14.6. The van der Waals surface area contributed by atoms with E-state index in [1.165, 1.54) is 21.6 Å². The van der Waals surface area contributed by atoms with Gasteiger partial charge in [0.15, 0.2) is 0 Å². The van der Waals surface area contributed by atoms with Gasteiger partial charge >= 0.3 is 0 Å². The van der Waals surface area contributed by atoms with Crippen LogP contribution in [0, 0.1) is 13.8 Å². The van der Waals surface area contributed by atoms with Crippen LogP contribution < -0.4 is 5.73 Å². The van der Waals surface area contributed by atoms with Gasteiger partial charge in [-0.1, -0.05) is 45.8 Å². The van der Waals surface area contributed by atoms with E-state index in [4.69, 9.17) is 5.73 Å². The number of aryl methyl sites for hydroxylation is 2. The van der Waals surface area contributed by atoms with Gasteiger partial charge in [-0.25, -0.2) is 0 Å². The zero-order valence-corrected chi connectivity index (χ0v) is 13.6. The number of nitrogens with two attached hydrogens (primary N) is 1. The highest BCUT2D eigenvalue weighted by Crippen LogP contribution is 2.27. The molecule has 0 radical (unpaired) electrons. The molecule has 3 heteroatoms. The van der Waals surface area contributed by atoms with Gasteiger partial charge in [-0.3, -0.25) is 0 Å². The van der Waals surface area contributed by atoms with E-state index >= 15 is 0 Å². The van der Waals surface area contributed by atoms with Crippen molar-refractivity contribution in [3.63, 3.8) is 0 Å². The molecule has 0 amide bonds. The lowest BCUT2D eigenvalue weighted by Crippen LogP contribution is -2.14. The lowest BCUT2D eigenvalue weighted by atomic mass is 10.0. The maximum atomic E-state index is 6.32. The second-order valence-electron chi connectivity index (χ2n) is 4.73. The average molecular weight is 336 g/mol. The highest BCUT2D eigenvalue weighted by molar-refractivity contribution is 9.10. The Morgan fingerprint density at radius 1 is 1.16 bits per heavy atom. The predicted octanol–water partition coefficient (Wildman–Crippen LogP) is 4.86. The summed E-state index contributed by atoms with van der Waals surface area (Å²) in [6.07, 6.45) is 0. The smallest absolute Gasteiger partial charge is 0.0393 e. The van der Waals surface area contributed by atoms with E-state index < -0.39 is 0 Å². The van der Waals surface area contributed by atoms with Gasteiger partial charge in [0.1, 0.15) is 0 Å². The van der Waals surface area contributed by atoms with Crippen LogP contribution in [0.2, 0.25) is 0 Å². The minimum absolute atomic E-state index is 0.0730. The summed E-state index contributed by atoms with van der Waals surface area (Å²) in [7, 11) is 0. The number of hydrogen-bond donors (Lipinski definition) is 1. The molecule has 0 bridgehead atoms. The SMILES string of the molecule is Cc1ccc(C)c(C(N)CSc2cccc(Br)c2)c1. The maximum Gasteiger partial charge on any atom is 0.0393 e. The molecular formula is C16H18BrNS. The van der Waals surface area contributed by atoms with Gasteiger partial charge in [0.05, 0.1) is 0 Å². The quantitative estimate of drug-likeness (QED) is 0.807. The van der Waals surface area contributed by atoms with Crippen molar-refractivity contribution in [2.24, 2.45) is 5.73 Å². The summed E-state index contributed by atoms with van der Waals surface area (Å²) >= 11 is 5.29. The lowest BCUT2D eigenvalue weighted by molar-refractivity contribution is 0.821. The van der Waals surface area contributed by atoms with Crippen LogP contribution in [0.25, 0.3) is 0 Å². The Morgan fingerprint density at radius 2 is 1.95 bits per heavy atom. The first-order chi connectivity index (χ1) is 9.06. The zero-order valence-electron chi connectivity index (χ0n) is 11.2. The molecule has 1 nitrogen and oxygen atoms in total. The molecule has 0 saturated heterocycles. The highest BCUT2D eigenvalue weighted by atomic mass is 79.9. The van der Waals surface area contributed by atoms with Gasteiger partial charge in [0, 0.05) is 21.2 Å². The Morgan fingerprint density at radius 3 is 2.68 bits per heavy atom. The number of rotatable bonds is 4. The predicted molar refractivity (Wildman–Crippen MR) is 87.7 cm³/mol. The van der Waals surface area contributed by atoms with Crippen molar-refractivity contribution >= 4 is 27.7 Å². The fourth-order valence-corrected chi connectivity index (χ4v) is 3.48. The van der Waals surface area contributed by atoms with Gasteiger partial charge in [-0.15, -0.1) is 11.8 Å². The standard InChI is InChI=1S/C16H18BrNS/c1-11-6-7-12(2)15(8-11)16(18)10-19-14-5-3-4-13(17)9-14/h3-9,16H,10,18H2,1-2H3. The van der Waals surface area contributed by atoms with E-state index in [0.717, 1.165) is 10.2 Å². The third kappa shape index (κ3) is 4.10. The first-order valence-electron chi connectivity index (χ1n) is 6.27. The van der Waals surface area contributed by atoms with Crippen molar-refractivity contribution in [3.8, 4) is 0 Å². The molecule has 2 aromatic rings. The van der Waals surface area contributed by atoms with E-state index in [-0.39, 0.29) is 6.04 Å². The fourth-order valence-electron chi connectivity index (χ4n) is 1.99. The molecule has 1 unspecified atom stereocenters. The van der Waals surface area contributed by atoms with Crippen LogP contribution in [0.5, 0.6) is 0 Å². The van der Waals surface area contributed by atoms with Crippen LogP contribution >= 0.6 is 27.7 Å². The number of hydrogen-bond acceptors (Lipinski definition) is 2. The molecule has 0 aliphatic carbocycles. The molecule has 2 aromatic carbocycles. The van der Waals surface area contributed by atoms with E-state index in [1.807, 2.05) is 6.07 Å². The molecule has 0 aliphatic rings. The third-order valence-corrected chi connectivity index (χ3v) is 4.67. The second kappa shape index (κ2) is 6.60. The van der Waals surface area contributed by atoms with Crippen molar-refractivity contribution in [2.75, 3.05) is 5.75 Å². The van der Waals surface area contributed by atoms with Crippen molar-refractivity contribution in [1.82, 2.24) is 0 Å². The topological polar surface area (TPSA) is 26.0 Å². The molecular weight excluding hydrogens is 318 g/mol. The Labute approximate surface area is 127 Å². The van der Waals surface area contributed by atoms with Crippen LogP contribution in [-0.4, -0.2) is 5.75 Å². The zero-order chi connectivity index (χ0) is 13.8. The average Bonchev–Trinajstić information content (AvgIpc) is 2.39. The minimum Gasteiger partial charge on any atom is -0.323 e. The summed E-state index contributed by atoms with van der Waals surface area (Å²) < 4.78 is 1.11. The maximum absolute atomic E-state index is 6.32. The first-order valence-corrected chi connectivity index (χ1v) is 8.05.